The molecule has 0 saturated carbocycles. The molecule has 1 aliphatic rings. The molecule has 0 radical (unpaired) electrons. The Hall–Kier alpha value is -1.37. The summed E-state index contributed by atoms with van der Waals surface area (Å²) in [5.74, 6) is 1.20. The lowest BCUT2D eigenvalue weighted by molar-refractivity contribution is -0.122. The lowest BCUT2D eigenvalue weighted by atomic mass is 10.0. The first-order chi connectivity index (χ1) is 16.3. The number of carbonyl (C=O) groups is 1. The number of aromatic nitrogens is 1. The number of benzene rings is 1. The number of thiophene rings is 1. The van der Waals surface area contributed by atoms with Gasteiger partial charge in [0.05, 0.1) is 21.2 Å². The van der Waals surface area contributed by atoms with Gasteiger partial charge in [-0.15, -0.1) is 11.3 Å². The number of nitrogens with zero attached hydrogens (tertiary/aromatic N) is 3. The predicted molar refractivity (Wildman–Crippen MR) is 141 cm³/mol. The van der Waals surface area contributed by atoms with E-state index in [1.807, 2.05) is 35.9 Å². The molecule has 2 aromatic heterocycles. The van der Waals surface area contributed by atoms with Gasteiger partial charge in [-0.25, -0.2) is 8.42 Å². The van der Waals surface area contributed by atoms with Crippen molar-refractivity contribution in [1.29, 1.82) is 0 Å². The van der Waals surface area contributed by atoms with Gasteiger partial charge in [0.15, 0.2) is 4.80 Å². The first kappa shape index (κ1) is 25.7. The highest BCUT2D eigenvalue weighted by molar-refractivity contribution is 7.98. The molecule has 4 rings (SSSR count). The maximum Gasteiger partial charge on any atom is 0.266 e. The molecule has 0 spiro atoms. The smallest absolute Gasteiger partial charge is 0.266 e. The van der Waals surface area contributed by atoms with Gasteiger partial charge in [-0.05, 0) is 56.4 Å². The number of ether oxygens (including phenoxy) is 1. The fourth-order valence-corrected chi connectivity index (χ4v) is 8.67. The minimum Gasteiger partial charge on any atom is -0.494 e. The molecule has 3 heterocycles. The number of thiazole rings is 1. The van der Waals surface area contributed by atoms with E-state index in [1.165, 1.54) is 21.7 Å². The van der Waals surface area contributed by atoms with Gasteiger partial charge < -0.3 is 9.30 Å². The third-order valence-electron chi connectivity index (χ3n) is 5.54. The number of hydrogen-bond donors (Lipinski definition) is 0. The van der Waals surface area contributed by atoms with Gasteiger partial charge in [0.25, 0.3) is 15.9 Å². The van der Waals surface area contributed by atoms with Crippen LogP contribution in [0.3, 0.4) is 0 Å². The van der Waals surface area contributed by atoms with E-state index in [9.17, 15) is 13.2 Å². The molecule has 1 fully saturated rings. The third kappa shape index (κ3) is 5.39. The number of halogens is 1. The van der Waals surface area contributed by atoms with Crippen LogP contribution in [-0.2, 0) is 21.4 Å². The highest BCUT2D eigenvalue weighted by Gasteiger charge is 2.38. The molecule has 7 nitrogen and oxygen atoms in total. The fourth-order valence-electron chi connectivity index (χ4n) is 3.95. The standard InChI is InChI=1S/C22H26ClN3O4S4/c1-3-30-15-7-8-16-18(14-15)32-22(25(16)12-13-31-2)24-21(27)17-6-4-5-11-26(17)34(28,29)20-10-9-19(23)33-20/h7-10,14,17H,3-6,11-13H2,1-2H3. The number of aryl methyl sites for hydroxylation is 1. The first-order valence-corrected chi connectivity index (χ1v) is 15.8. The molecule has 1 amide bonds. The van der Waals surface area contributed by atoms with E-state index >= 15 is 0 Å². The Labute approximate surface area is 216 Å². The minimum absolute atomic E-state index is 0.151. The molecule has 0 bridgehead atoms. The van der Waals surface area contributed by atoms with Crippen LogP contribution in [0.1, 0.15) is 26.2 Å². The van der Waals surface area contributed by atoms with E-state index in [2.05, 4.69) is 4.99 Å². The van der Waals surface area contributed by atoms with E-state index in [4.69, 9.17) is 16.3 Å². The molecule has 1 unspecified atom stereocenters. The van der Waals surface area contributed by atoms with Gasteiger partial charge in [-0.1, -0.05) is 29.4 Å². The average Bonchev–Trinajstić information content (AvgIpc) is 3.41. The summed E-state index contributed by atoms with van der Waals surface area (Å²) in [6.45, 7) is 3.49. The van der Waals surface area contributed by atoms with Crippen molar-refractivity contribution in [2.75, 3.05) is 25.2 Å². The molecule has 3 aromatic rings. The molecule has 1 aliphatic heterocycles. The van der Waals surface area contributed by atoms with Crippen LogP contribution < -0.4 is 9.54 Å². The van der Waals surface area contributed by atoms with Crippen molar-refractivity contribution in [3.63, 3.8) is 0 Å². The zero-order valence-corrected chi connectivity index (χ0v) is 22.9. The lowest BCUT2D eigenvalue weighted by Crippen LogP contribution is -2.47. The number of piperidine rings is 1. The molecule has 1 aromatic carbocycles. The van der Waals surface area contributed by atoms with Gasteiger partial charge in [0.2, 0.25) is 0 Å². The van der Waals surface area contributed by atoms with Crippen LogP contribution in [0.4, 0.5) is 0 Å². The first-order valence-electron chi connectivity index (χ1n) is 11.0. The van der Waals surface area contributed by atoms with Gasteiger partial charge in [0, 0.05) is 18.8 Å². The molecule has 0 N–H and O–H groups in total. The summed E-state index contributed by atoms with van der Waals surface area (Å²) >= 11 is 10.1. The third-order valence-corrected chi connectivity index (χ3v) is 10.8. The van der Waals surface area contributed by atoms with Crippen molar-refractivity contribution >= 4 is 72.2 Å². The summed E-state index contributed by atoms with van der Waals surface area (Å²) in [4.78, 5) is 18.5. The maximum absolute atomic E-state index is 13.4. The normalized spacial score (nSPS) is 18.0. The van der Waals surface area contributed by atoms with Crippen molar-refractivity contribution in [1.82, 2.24) is 8.87 Å². The van der Waals surface area contributed by atoms with Crippen LogP contribution in [-0.4, -0.2) is 54.4 Å². The second-order valence-electron chi connectivity index (χ2n) is 7.73. The molecule has 1 saturated heterocycles. The second kappa shape index (κ2) is 11.1. The Kier molecular flexibility index (Phi) is 8.42. The SMILES string of the molecule is CCOc1ccc2c(c1)sc(=NC(=O)C1CCCCN1S(=O)(=O)c1ccc(Cl)s1)n2CCSC. The van der Waals surface area contributed by atoms with Crippen molar-refractivity contribution in [2.24, 2.45) is 4.99 Å². The topological polar surface area (TPSA) is 81.0 Å². The molecule has 184 valence electrons. The quantitative estimate of drug-likeness (QED) is 0.394. The fraction of sp³-hybridized carbons (Fsp3) is 0.455. The Morgan fingerprint density at radius 1 is 1.26 bits per heavy atom. The van der Waals surface area contributed by atoms with Crippen molar-refractivity contribution in [3.8, 4) is 5.75 Å². The summed E-state index contributed by atoms with van der Waals surface area (Å²) in [7, 11) is -3.83. The van der Waals surface area contributed by atoms with E-state index in [1.54, 1.807) is 17.8 Å². The van der Waals surface area contributed by atoms with Crippen LogP contribution in [0.15, 0.2) is 39.5 Å². The molecule has 34 heavy (non-hydrogen) atoms. The van der Waals surface area contributed by atoms with Crippen molar-refractivity contribution in [3.05, 3.63) is 39.5 Å². The van der Waals surface area contributed by atoms with E-state index in [0.29, 0.717) is 41.7 Å². The number of sulfonamides is 1. The predicted octanol–water partition coefficient (Wildman–Crippen LogP) is 4.85. The number of fused-ring (bicyclic) bond motifs is 1. The van der Waals surface area contributed by atoms with Crippen molar-refractivity contribution < 1.29 is 17.9 Å². The van der Waals surface area contributed by atoms with Crippen LogP contribution in [0, 0.1) is 0 Å². The zero-order valence-electron chi connectivity index (χ0n) is 18.9. The Balaban J connectivity index is 1.73. The number of thioether (sulfide) groups is 1. The summed E-state index contributed by atoms with van der Waals surface area (Å²) < 4.78 is 37.0. The van der Waals surface area contributed by atoms with Gasteiger partial charge in [-0.3, -0.25) is 4.79 Å². The largest absolute Gasteiger partial charge is 0.494 e. The number of hydrogen-bond acceptors (Lipinski definition) is 7. The maximum atomic E-state index is 13.4. The Morgan fingerprint density at radius 2 is 2.09 bits per heavy atom. The molecular formula is C22H26ClN3O4S4. The monoisotopic (exact) mass is 559 g/mol. The Morgan fingerprint density at radius 3 is 2.79 bits per heavy atom. The minimum atomic E-state index is -3.83. The van der Waals surface area contributed by atoms with Crippen molar-refractivity contribution in [2.45, 2.75) is 43.0 Å². The molecule has 0 aliphatic carbocycles. The zero-order chi connectivity index (χ0) is 24.3. The van der Waals surface area contributed by atoms with E-state index in [-0.39, 0.29) is 4.21 Å². The lowest BCUT2D eigenvalue weighted by Gasteiger charge is -2.31. The molecule has 1 atom stereocenters. The Bertz CT molecular complexity index is 1350. The van der Waals surface area contributed by atoms with E-state index < -0.39 is 22.0 Å². The summed E-state index contributed by atoms with van der Waals surface area (Å²) in [6.07, 6.45) is 3.97. The van der Waals surface area contributed by atoms with Crippen LogP contribution >= 0.6 is 46.0 Å². The van der Waals surface area contributed by atoms with Crippen LogP contribution in [0.25, 0.3) is 10.2 Å². The van der Waals surface area contributed by atoms with Gasteiger partial charge in [-0.2, -0.15) is 21.1 Å². The van der Waals surface area contributed by atoms with Crippen LogP contribution in [0.5, 0.6) is 5.75 Å². The molecular weight excluding hydrogens is 534 g/mol. The summed E-state index contributed by atoms with van der Waals surface area (Å²) in [6, 6.07) is 8.10. The summed E-state index contributed by atoms with van der Waals surface area (Å²) in [5, 5.41) is 0. The number of carbonyl (C=O) groups excluding carboxylic acids is 1. The van der Waals surface area contributed by atoms with Gasteiger partial charge in [0.1, 0.15) is 16.0 Å². The van der Waals surface area contributed by atoms with Crippen LogP contribution in [0.2, 0.25) is 4.34 Å². The van der Waals surface area contributed by atoms with E-state index in [0.717, 1.165) is 39.5 Å². The highest BCUT2D eigenvalue weighted by Crippen LogP contribution is 2.32. The number of rotatable bonds is 8. The highest BCUT2D eigenvalue weighted by atomic mass is 35.5. The van der Waals surface area contributed by atoms with Gasteiger partial charge >= 0.3 is 0 Å². The average molecular weight is 560 g/mol. The molecule has 12 heteroatoms. The second-order valence-corrected chi connectivity index (χ2v) is 13.6. The number of amides is 1. The summed E-state index contributed by atoms with van der Waals surface area (Å²) in [5.41, 5.74) is 0.982.